The molecule has 0 aromatic heterocycles. The molecule has 0 aliphatic carbocycles. The highest BCUT2D eigenvalue weighted by Crippen LogP contribution is 2.33. The normalized spacial score (nSPS) is 14.9. The van der Waals surface area contributed by atoms with Gasteiger partial charge in [0.25, 0.3) is 10.0 Å². The van der Waals surface area contributed by atoms with Gasteiger partial charge in [-0.2, -0.15) is 4.72 Å². The average Bonchev–Trinajstić information content (AvgIpc) is 3.44. The number of hydrogen-bond acceptors (Lipinski definition) is 6. The number of nitrogens with one attached hydrogen (secondary N) is 3. The van der Waals surface area contributed by atoms with Crippen LogP contribution in [0.15, 0.2) is 83.1 Å². The Kier molecular flexibility index (Phi) is 8.96. The number of nitrogens with zero attached hydrogens (tertiary/aromatic N) is 1. The molecule has 1 saturated heterocycles. The van der Waals surface area contributed by atoms with E-state index in [9.17, 15) is 21.6 Å². The lowest BCUT2D eigenvalue weighted by Gasteiger charge is -2.23. The molecule has 206 valence electrons. The summed E-state index contributed by atoms with van der Waals surface area (Å²) in [5, 5.41) is 3.96. The highest BCUT2D eigenvalue weighted by atomic mass is 35.5. The van der Waals surface area contributed by atoms with Crippen molar-refractivity contribution in [3.63, 3.8) is 0 Å². The number of sulfonamides is 2. The number of anilines is 3. The molecule has 3 aromatic carbocycles. The first-order valence-electron chi connectivity index (χ1n) is 12.3. The molecule has 12 heteroatoms. The maximum atomic E-state index is 13.1. The molecule has 0 bridgehead atoms. The van der Waals surface area contributed by atoms with Gasteiger partial charge in [0.15, 0.2) is 0 Å². The van der Waals surface area contributed by atoms with E-state index < -0.39 is 32.0 Å². The topological polar surface area (TPSA) is 125 Å². The van der Waals surface area contributed by atoms with E-state index in [1.807, 2.05) is 11.0 Å². The fraction of sp³-hybridized carbons (Fsp3) is 0.222. The molecule has 1 fully saturated rings. The minimum absolute atomic E-state index is 0.0836. The number of hydrogen-bond donors (Lipinski definition) is 3. The molecule has 1 atom stereocenters. The highest BCUT2D eigenvalue weighted by Gasteiger charge is 2.24. The van der Waals surface area contributed by atoms with Crippen molar-refractivity contribution in [1.82, 2.24) is 4.72 Å². The summed E-state index contributed by atoms with van der Waals surface area (Å²) in [5.74, 6) is -0.638. The summed E-state index contributed by atoms with van der Waals surface area (Å²) < 4.78 is 56.2. The second-order valence-corrected chi connectivity index (χ2v) is 12.7. The lowest BCUT2D eigenvalue weighted by molar-refractivity contribution is -0.117. The van der Waals surface area contributed by atoms with E-state index in [0.29, 0.717) is 11.3 Å². The van der Waals surface area contributed by atoms with Crippen LogP contribution in [0, 0.1) is 0 Å². The first-order chi connectivity index (χ1) is 18.5. The molecule has 1 amide bonds. The smallest absolute Gasteiger partial charge is 0.262 e. The number of carbonyl (C=O) groups is 1. The van der Waals surface area contributed by atoms with Crippen molar-refractivity contribution in [2.75, 3.05) is 28.0 Å². The lowest BCUT2D eigenvalue weighted by Crippen LogP contribution is -2.41. The SMILES string of the molecule is CC(NS(=O)(=O)/C=C/c1ccccc1)C(=O)Nc1cc(S(=O)(=O)Nc2ccccc2Cl)ccc1N1CCCC1. The Morgan fingerprint density at radius 2 is 1.59 bits per heavy atom. The van der Waals surface area contributed by atoms with Gasteiger partial charge in [0.1, 0.15) is 0 Å². The molecule has 1 heterocycles. The molecule has 3 N–H and O–H groups in total. The Morgan fingerprint density at radius 1 is 0.923 bits per heavy atom. The Hall–Kier alpha value is -3.38. The van der Waals surface area contributed by atoms with Gasteiger partial charge in [0.05, 0.1) is 33.0 Å². The van der Waals surface area contributed by atoms with Crippen molar-refractivity contribution in [2.45, 2.75) is 30.7 Å². The standard InChI is InChI=1S/C27H29ClN4O5S2/c1-20(30-38(34,35)18-15-21-9-3-2-4-10-21)27(33)29-25-19-22(13-14-26(25)32-16-7-8-17-32)39(36,37)31-24-12-6-5-11-23(24)28/h2-6,9-15,18-20,30-31H,7-8,16-17H2,1H3,(H,29,33)/b18-15+. The van der Waals surface area contributed by atoms with Crippen LogP contribution in [0.3, 0.4) is 0 Å². The number of halogens is 1. The maximum absolute atomic E-state index is 13.1. The van der Waals surface area contributed by atoms with Gasteiger partial charge in [-0.15, -0.1) is 0 Å². The van der Waals surface area contributed by atoms with Crippen LogP contribution in [-0.4, -0.2) is 41.9 Å². The van der Waals surface area contributed by atoms with Crippen LogP contribution < -0.4 is 19.7 Å². The summed E-state index contributed by atoms with van der Waals surface area (Å²) in [5.41, 5.74) is 1.82. The third kappa shape index (κ3) is 7.60. The summed E-state index contributed by atoms with van der Waals surface area (Å²) in [6, 6.07) is 18.7. The third-order valence-electron chi connectivity index (χ3n) is 6.07. The Bertz CT molecular complexity index is 1570. The molecule has 9 nitrogen and oxygen atoms in total. The lowest BCUT2D eigenvalue weighted by atomic mass is 10.2. The van der Waals surface area contributed by atoms with E-state index in [-0.39, 0.29) is 21.3 Å². The van der Waals surface area contributed by atoms with Gasteiger partial charge in [-0.05, 0) is 61.7 Å². The predicted octanol–water partition coefficient (Wildman–Crippen LogP) is 4.66. The number of carbonyl (C=O) groups excluding carboxylic acids is 1. The van der Waals surface area contributed by atoms with Crippen molar-refractivity contribution in [1.29, 1.82) is 0 Å². The largest absolute Gasteiger partial charge is 0.370 e. The average molecular weight is 589 g/mol. The fourth-order valence-corrected chi connectivity index (χ4v) is 6.44. The van der Waals surface area contributed by atoms with E-state index in [1.165, 1.54) is 25.1 Å². The van der Waals surface area contributed by atoms with Crippen LogP contribution >= 0.6 is 11.6 Å². The number of para-hydroxylation sites is 1. The van der Waals surface area contributed by atoms with Crippen LogP contribution in [0.25, 0.3) is 6.08 Å². The van der Waals surface area contributed by atoms with Gasteiger partial charge < -0.3 is 10.2 Å². The summed E-state index contributed by atoms with van der Waals surface area (Å²) in [6.45, 7) is 2.91. The molecular formula is C27H29ClN4O5S2. The minimum atomic E-state index is -4.04. The van der Waals surface area contributed by atoms with Crippen LogP contribution in [-0.2, 0) is 24.8 Å². The fourth-order valence-electron chi connectivity index (χ4n) is 4.08. The molecule has 0 spiro atoms. The van der Waals surface area contributed by atoms with Crippen LogP contribution in [0.2, 0.25) is 5.02 Å². The molecule has 0 radical (unpaired) electrons. The number of amides is 1. The van der Waals surface area contributed by atoms with E-state index in [4.69, 9.17) is 11.6 Å². The second-order valence-electron chi connectivity index (χ2n) is 9.05. The first-order valence-corrected chi connectivity index (χ1v) is 15.7. The van der Waals surface area contributed by atoms with Crippen LogP contribution in [0.4, 0.5) is 17.1 Å². The molecule has 4 rings (SSSR count). The zero-order valence-electron chi connectivity index (χ0n) is 21.2. The highest BCUT2D eigenvalue weighted by molar-refractivity contribution is 7.93. The zero-order valence-corrected chi connectivity index (χ0v) is 23.6. The first kappa shape index (κ1) is 28.6. The van der Waals surface area contributed by atoms with E-state index in [2.05, 4.69) is 14.8 Å². The quantitative estimate of drug-likeness (QED) is 0.316. The molecular weight excluding hydrogens is 560 g/mol. The third-order valence-corrected chi connectivity index (χ3v) is 8.94. The minimum Gasteiger partial charge on any atom is -0.370 e. The zero-order chi connectivity index (χ0) is 28.0. The Morgan fingerprint density at radius 3 is 2.28 bits per heavy atom. The Balaban J connectivity index is 1.55. The molecule has 1 unspecified atom stereocenters. The van der Waals surface area contributed by atoms with Crippen LogP contribution in [0.1, 0.15) is 25.3 Å². The van der Waals surface area contributed by atoms with Gasteiger partial charge in [0.2, 0.25) is 15.9 Å². The predicted molar refractivity (Wildman–Crippen MR) is 156 cm³/mol. The van der Waals surface area contributed by atoms with Crippen molar-refractivity contribution >= 4 is 60.7 Å². The molecule has 1 aliphatic heterocycles. The van der Waals surface area contributed by atoms with Gasteiger partial charge in [-0.3, -0.25) is 9.52 Å². The van der Waals surface area contributed by atoms with E-state index in [1.54, 1.807) is 54.6 Å². The monoisotopic (exact) mass is 588 g/mol. The summed E-state index contributed by atoms with van der Waals surface area (Å²) in [7, 11) is -7.97. The molecule has 1 aliphatic rings. The van der Waals surface area contributed by atoms with Crippen molar-refractivity contribution in [3.8, 4) is 0 Å². The van der Waals surface area contributed by atoms with Crippen molar-refractivity contribution in [2.24, 2.45) is 0 Å². The Labute approximate surface area is 234 Å². The van der Waals surface area contributed by atoms with Crippen molar-refractivity contribution < 1.29 is 21.6 Å². The van der Waals surface area contributed by atoms with Gasteiger partial charge >= 0.3 is 0 Å². The maximum Gasteiger partial charge on any atom is 0.262 e. The molecule has 39 heavy (non-hydrogen) atoms. The van der Waals surface area contributed by atoms with E-state index >= 15 is 0 Å². The number of rotatable bonds is 10. The second kappa shape index (κ2) is 12.2. The van der Waals surface area contributed by atoms with Crippen molar-refractivity contribution in [3.05, 3.63) is 88.8 Å². The van der Waals surface area contributed by atoms with Crippen LogP contribution in [0.5, 0.6) is 0 Å². The van der Waals surface area contributed by atoms with Gasteiger partial charge in [-0.1, -0.05) is 54.1 Å². The van der Waals surface area contributed by atoms with E-state index in [0.717, 1.165) is 31.3 Å². The molecule has 0 saturated carbocycles. The summed E-state index contributed by atoms with van der Waals surface area (Å²) >= 11 is 6.12. The van der Waals surface area contributed by atoms with Gasteiger partial charge in [-0.25, -0.2) is 16.8 Å². The summed E-state index contributed by atoms with van der Waals surface area (Å²) in [6.07, 6.45) is 3.36. The molecule has 3 aromatic rings. The summed E-state index contributed by atoms with van der Waals surface area (Å²) in [4.78, 5) is 15.0. The number of benzene rings is 3. The van der Waals surface area contributed by atoms with Gasteiger partial charge in [0, 0.05) is 18.5 Å².